The second-order valence-corrected chi connectivity index (χ2v) is 8.50. The van der Waals surface area contributed by atoms with Crippen molar-refractivity contribution in [1.82, 2.24) is 0 Å². The Morgan fingerprint density at radius 2 is 1.71 bits per heavy atom. The first-order valence-electron chi connectivity index (χ1n) is 7.71. The van der Waals surface area contributed by atoms with Gasteiger partial charge in [0.25, 0.3) is 0 Å². The standard InChI is InChI=1S/C16H23NO3S/c17-12-16(8-2-1-3-9-16)13-4-6-14(7-5-13)21(18,19)15-10-20-11-15/h4-7,15H,1-3,8-12,17H2. The van der Waals surface area contributed by atoms with Crippen LogP contribution >= 0.6 is 0 Å². The molecule has 2 fully saturated rings. The Morgan fingerprint density at radius 1 is 1.10 bits per heavy atom. The lowest BCUT2D eigenvalue weighted by Gasteiger charge is -2.37. The van der Waals surface area contributed by atoms with Crippen LogP contribution in [0.15, 0.2) is 29.2 Å². The molecule has 1 aliphatic heterocycles. The second-order valence-electron chi connectivity index (χ2n) is 6.27. The maximum absolute atomic E-state index is 12.3. The average molecular weight is 309 g/mol. The van der Waals surface area contributed by atoms with E-state index in [1.54, 1.807) is 12.1 Å². The van der Waals surface area contributed by atoms with E-state index in [0.29, 0.717) is 24.7 Å². The summed E-state index contributed by atoms with van der Waals surface area (Å²) < 4.78 is 29.7. The SMILES string of the molecule is NCC1(c2ccc(S(=O)(=O)C3COC3)cc2)CCCCC1. The predicted molar refractivity (Wildman–Crippen MR) is 82.1 cm³/mol. The van der Waals surface area contributed by atoms with Gasteiger partial charge in [0.2, 0.25) is 0 Å². The smallest absolute Gasteiger partial charge is 0.185 e. The van der Waals surface area contributed by atoms with Crippen LogP contribution in [0.5, 0.6) is 0 Å². The maximum atomic E-state index is 12.3. The minimum Gasteiger partial charge on any atom is -0.379 e. The molecule has 1 aliphatic carbocycles. The van der Waals surface area contributed by atoms with Gasteiger partial charge in [-0.3, -0.25) is 0 Å². The van der Waals surface area contributed by atoms with Gasteiger partial charge in [0, 0.05) is 12.0 Å². The quantitative estimate of drug-likeness (QED) is 0.924. The summed E-state index contributed by atoms with van der Waals surface area (Å²) in [4.78, 5) is 0.405. The van der Waals surface area contributed by atoms with Gasteiger partial charge in [-0.1, -0.05) is 31.4 Å². The third-order valence-corrected chi connectivity index (χ3v) is 7.12. The van der Waals surface area contributed by atoms with E-state index >= 15 is 0 Å². The second kappa shape index (κ2) is 5.71. The zero-order valence-electron chi connectivity index (χ0n) is 12.3. The predicted octanol–water partition coefficient (Wildman–Crippen LogP) is 2.02. The molecular weight excluding hydrogens is 286 g/mol. The van der Waals surface area contributed by atoms with Crippen LogP contribution in [0.25, 0.3) is 0 Å². The Labute approximate surface area is 126 Å². The van der Waals surface area contributed by atoms with Gasteiger partial charge in [-0.25, -0.2) is 8.42 Å². The van der Waals surface area contributed by atoms with Gasteiger partial charge in [-0.15, -0.1) is 0 Å². The van der Waals surface area contributed by atoms with E-state index in [4.69, 9.17) is 10.5 Å². The van der Waals surface area contributed by atoms with Crippen molar-refractivity contribution in [3.63, 3.8) is 0 Å². The van der Waals surface area contributed by atoms with Crippen LogP contribution in [0.4, 0.5) is 0 Å². The van der Waals surface area contributed by atoms with E-state index < -0.39 is 9.84 Å². The van der Waals surface area contributed by atoms with E-state index in [9.17, 15) is 8.42 Å². The van der Waals surface area contributed by atoms with Gasteiger partial charge in [-0.2, -0.15) is 0 Å². The van der Waals surface area contributed by atoms with E-state index in [-0.39, 0.29) is 10.7 Å². The molecule has 5 heteroatoms. The lowest BCUT2D eigenvalue weighted by atomic mass is 9.69. The van der Waals surface area contributed by atoms with E-state index in [0.717, 1.165) is 12.8 Å². The Balaban J connectivity index is 1.86. The van der Waals surface area contributed by atoms with E-state index in [1.165, 1.54) is 24.8 Å². The van der Waals surface area contributed by atoms with E-state index in [1.807, 2.05) is 12.1 Å². The molecule has 0 radical (unpaired) electrons. The molecule has 0 amide bonds. The molecule has 0 aromatic heterocycles. The minimum atomic E-state index is -3.23. The molecule has 21 heavy (non-hydrogen) atoms. The summed E-state index contributed by atoms with van der Waals surface area (Å²) >= 11 is 0. The topological polar surface area (TPSA) is 69.4 Å². The monoisotopic (exact) mass is 309 g/mol. The molecule has 1 aromatic carbocycles. The largest absolute Gasteiger partial charge is 0.379 e. The molecule has 3 rings (SSSR count). The van der Waals surface area contributed by atoms with Gasteiger partial charge in [0.05, 0.1) is 18.1 Å². The number of benzene rings is 1. The van der Waals surface area contributed by atoms with Gasteiger partial charge < -0.3 is 10.5 Å². The molecule has 2 N–H and O–H groups in total. The summed E-state index contributed by atoms with van der Waals surface area (Å²) in [5.74, 6) is 0. The molecule has 4 nitrogen and oxygen atoms in total. The average Bonchev–Trinajstić information content (AvgIpc) is 2.46. The highest BCUT2D eigenvalue weighted by atomic mass is 32.2. The summed E-state index contributed by atoms with van der Waals surface area (Å²) in [7, 11) is -3.23. The Hall–Kier alpha value is -0.910. The Morgan fingerprint density at radius 3 is 2.19 bits per heavy atom. The maximum Gasteiger partial charge on any atom is 0.185 e. The molecule has 1 saturated heterocycles. The van der Waals surface area contributed by atoms with Crippen molar-refractivity contribution in [3.8, 4) is 0 Å². The van der Waals surface area contributed by atoms with Crippen LogP contribution in [-0.4, -0.2) is 33.4 Å². The summed E-state index contributed by atoms with van der Waals surface area (Å²) in [5.41, 5.74) is 7.27. The van der Waals surface area contributed by atoms with Crippen LogP contribution in [0.3, 0.4) is 0 Å². The molecule has 0 unspecified atom stereocenters. The van der Waals surface area contributed by atoms with Gasteiger partial charge in [-0.05, 0) is 30.5 Å². The molecule has 1 heterocycles. The van der Waals surface area contributed by atoms with Crippen molar-refractivity contribution >= 4 is 9.84 Å². The summed E-state index contributed by atoms with van der Waals surface area (Å²) in [6.45, 7) is 1.27. The third-order valence-electron chi connectivity index (χ3n) is 5.04. The van der Waals surface area contributed by atoms with Crippen molar-refractivity contribution in [2.75, 3.05) is 19.8 Å². The van der Waals surface area contributed by atoms with Crippen LogP contribution < -0.4 is 5.73 Å². The normalized spacial score (nSPS) is 22.7. The number of rotatable bonds is 4. The molecule has 2 aliphatic rings. The fourth-order valence-electron chi connectivity index (χ4n) is 3.42. The minimum absolute atomic E-state index is 0.0418. The summed E-state index contributed by atoms with van der Waals surface area (Å²) in [6.07, 6.45) is 5.89. The molecule has 0 spiro atoms. The molecule has 0 atom stereocenters. The first kappa shape index (κ1) is 15.0. The van der Waals surface area contributed by atoms with Crippen molar-refractivity contribution in [1.29, 1.82) is 0 Å². The van der Waals surface area contributed by atoms with Gasteiger partial charge in [0.1, 0.15) is 5.25 Å². The number of ether oxygens (including phenoxy) is 1. The highest BCUT2D eigenvalue weighted by Gasteiger charge is 2.35. The summed E-state index contributed by atoms with van der Waals surface area (Å²) in [6, 6.07) is 7.42. The van der Waals surface area contributed by atoms with Crippen molar-refractivity contribution in [2.24, 2.45) is 5.73 Å². The fraction of sp³-hybridized carbons (Fsp3) is 0.625. The molecule has 0 bridgehead atoms. The van der Waals surface area contributed by atoms with Gasteiger partial charge in [0.15, 0.2) is 9.84 Å². The Bertz CT molecular complexity index is 584. The zero-order chi connectivity index (χ0) is 14.9. The van der Waals surface area contributed by atoms with Gasteiger partial charge >= 0.3 is 0 Å². The molecule has 1 saturated carbocycles. The number of hydrogen-bond acceptors (Lipinski definition) is 4. The number of hydrogen-bond donors (Lipinski definition) is 1. The van der Waals surface area contributed by atoms with Crippen molar-refractivity contribution in [2.45, 2.75) is 47.7 Å². The van der Waals surface area contributed by atoms with Crippen LogP contribution in [-0.2, 0) is 20.0 Å². The summed E-state index contributed by atoms with van der Waals surface area (Å²) in [5, 5.41) is -0.374. The fourth-order valence-corrected chi connectivity index (χ4v) is 4.87. The number of sulfone groups is 1. The lowest BCUT2D eigenvalue weighted by Crippen LogP contribution is -2.40. The highest BCUT2D eigenvalue weighted by Crippen LogP contribution is 2.39. The Kier molecular flexibility index (Phi) is 4.08. The first-order valence-corrected chi connectivity index (χ1v) is 9.25. The first-order chi connectivity index (χ1) is 10.1. The van der Waals surface area contributed by atoms with Crippen LogP contribution in [0.1, 0.15) is 37.7 Å². The molecule has 116 valence electrons. The van der Waals surface area contributed by atoms with Crippen molar-refractivity contribution < 1.29 is 13.2 Å². The lowest BCUT2D eigenvalue weighted by molar-refractivity contribution is 0.0416. The van der Waals surface area contributed by atoms with E-state index in [2.05, 4.69) is 0 Å². The molecular formula is C16H23NO3S. The molecule has 1 aromatic rings. The highest BCUT2D eigenvalue weighted by molar-refractivity contribution is 7.92. The zero-order valence-corrected chi connectivity index (χ0v) is 13.1. The van der Waals surface area contributed by atoms with Crippen molar-refractivity contribution in [3.05, 3.63) is 29.8 Å². The third kappa shape index (κ3) is 2.62. The number of nitrogens with two attached hydrogens (primary N) is 1. The van der Waals surface area contributed by atoms with Crippen LogP contribution in [0, 0.1) is 0 Å². The van der Waals surface area contributed by atoms with Crippen LogP contribution in [0.2, 0.25) is 0 Å².